The summed E-state index contributed by atoms with van der Waals surface area (Å²) in [5.74, 6) is 1.38. The largest absolute Gasteiger partial charge is 0.508 e. The number of hydrogen-bond donors (Lipinski definition) is 1. The molecule has 4 aliphatic rings. The highest BCUT2D eigenvalue weighted by Gasteiger charge is 2.49. The number of phenols is 1. The number of aromatic hydroxyl groups is 1. The molecule has 4 aromatic rings. The molecule has 6 heterocycles. The Balaban J connectivity index is 1.27. The maximum Gasteiger partial charge on any atom is 0.319 e. The predicted octanol–water partition coefficient (Wildman–Crippen LogP) is 5.83. The van der Waals surface area contributed by atoms with Crippen LogP contribution in [0, 0.1) is 24.0 Å². The SMILES string of the molecule is C#Cc1c(F)ccc2cc(O)cc(-c3ncc4c(N5CC6CCC(C5)N6C(C)C)nc(OC[C@@]56CCCN5C[C@H](F)C6)nc4c3F)c12. The molecule has 8 rings (SSSR count). The Morgan fingerprint density at radius 3 is 2.66 bits per heavy atom. The van der Waals surface area contributed by atoms with Crippen molar-refractivity contribution >= 4 is 27.5 Å². The minimum Gasteiger partial charge on any atom is -0.508 e. The van der Waals surface area contributed by atoms with Crippen molar-refractivity contribution < 1.29 is 23.0 Å². The summed E-state index contributed by atoms with van der Waals surface area (Å²) in [4.78, 5) is 20.9. The molecule has 0 spiro atoms. The normalized spacial score (nSPS) is 26.1. The highest BCUT2D eigenvalue weighted by atomic mass is 19.1. The Bertz CT molecular complexity index is 1930. The van der Waals surface area contributed by atoms with Crippen LogP contribution < -0.4 is 9.64 Å². The second-order valence-corrected chi connectivity index (χ2v) is 13.9. The van der Waals surface area contributed by atoms with Crippen molar-refractivity contribution in [1.29, 1.82) is 0 Å². The molecule has 4 aliphatic heterocycles. The smallest absolute Gasteiger partial charge is 0.319 e. The van der Waals surface area contributed by atoms with Gasteiger partial charge < -0.3 is 14.7 Å². The number of fused-ring (bicyclic) bond motifs is 5. The summed E-state index contributed by atoms with van der Waals surface area (Å²) in [5.41, 5.74) is -0.457. The zero-order chi connectivity index (χ0) is 32.6. The number of ether oxygens (including phenoxy) is 1. The van der Waals surface area contributed by atoms with Gasteiger partial charge in [-0.15, -0.1) is 6.42 Å². The van der Waals surface area contributed by atoms with E-state index in [0.717, 1.165) is 32.2 Å². The Kier molecular flexibility index (Phi) is 7.22. The lowest BCUT2D eigenvalue weighted by Gasteiger charge is -2.44. The van der Waals surface area contributed by atoms with Crippen molar-refractivity contribution in [3.63, 3.8) is 0 Å². The van der Waals surface area contributed by atoms with Crippen LogP contribution in [0.5, 0.6) is 11.8 Å². The van der Waals surface area contributed by atoms with Crippen LogP contribution in [0.25, 0.3) is 32.9 Å². The first-order chi connectivity index (χ1) is 22.7. The van der Waals surface area contributed by atoms with Gasteiger partial charge in [-0.1, -0.05) is 12.0 Å². The summed E-state index contributed by atoms with van der Waals surface area (Å²) in [7, 11) is 0. The number of benzene rings is 2. The van der Waals surface area contributed by atoms with Gasteiger partial charge in [0.15, 0.2) is 5.82 Å². The molecular formula is C36H37F3N6O2. The third-order valence-corrected chi connectivity index (χ3v) is 10.8. The molecule has 4 atom stereocenters. The molecule has 4 fully saturated rings. The average Bonchev–Trinajstić information content (AvgIpc) is 3.66. The molecule has 2 aromatic carbocycles. The van der Waals surface area contributed by atoms with Gasteiger partial charge in [0.25, 0.3) is 0 Å². The summed E-state index contributed by atoms with van der Waals surface area (Å²) in [6.07, 6.45) is 10.6. The third kappa shape index (κ3) is 4.87. The number of phenolic OH excluding ortho intramolecular Hbond substituents is 1. The lowest BCUT2D eigenvalue weighted by atomic mass is 9.95. The lowest BCUT2D eigenvalue weighted by molar-refractivity contribution is 0.107. The standard InChI is InChI=1S/C36H37F3N6O2/c1-4-26-29(38)9-6-21-12-25(46)13-27(30(21)26)32-31(39)33-28(15-40-32)34(43-17-23-7-8-24(18-43)45(23)20(2)3)42-35(41-33)47-19-36-10-5-11-44(36)16-22(37)14-36/h1,6,9,12-13,15,20,22-24,46H,5,7-8,10-11,14,16-19H2,2-3H3/t22-,23?,24?,36+/m1/s1. The van der Waals surface area contributed by atoms with E-state index >= 15 is 4.39 Å². The molecule has 11 heteroatoms. The van der Waals surface area contributed by atoms with Gasteiger partial charge in [0.1, 0.15) is 41.4 Å². The summed E-state index contributed by atoms with van der Waals surface area (Å²) < 4.78 is 52.6. The first-order valence-electron chi connectivity index (χ1n) is 16.5. The quantitative estimate of drug-likeness (QED) is 0.264. The zero-order valence-electron chi connectivity index (χ0n) is 26.5. The summed E-state index contributed by atoms with van der Waals surface area (Å²) in [5, 5.41) is 11.7. The molecule has 0 radical (unpaired) electrons. The van der Waals surface area contributed by atoms with E-state index < -0.39 is 23.3 Å². The molecule has 0 amide bonds. The van der Waals surface area contributed by atoms with Crippen molar-refractivity contribution in [2.75, 3.05) is 37.7 Å². The number of hydrogen-bond acceptors (Lipinski definition) is 8. The second kappa shape index (κ2) is 11.2. The van der Waals surface area contributed by atoms with Crippen LogP contribution in [0.1, 0.15) is 51.5 Å². The van der Waals surface area contributed by atoms with Crippen LogP contribution in [-0.4, -0.2) is 92.5 Å². The van der Waals surface area contributed by atoms with Gasteiger partial charge in [0.05, 0.1) is 16.5 Å². The Morgan fingerprint density at radius 1 is 1.13 bits per heavy atom. The molecule has 2 aromatic heterocycles. The number of aromatic nitrogens is 3. The monoisotopic (exact) mass is 642 g/mol. The second-order valence-electron chi connectivity index (χ2n) is 13.9. The zero-order valence-corrected chi connectivity index (χ0v) is 26.5. The highest BCUT2D eigenvalue weighted by Crippen LogP contribution is 2.42. The van der Waals surface area contributed by atoms with Crippen LogP contribution in [-0.2, 0) is 0 Å². The highest BCUT2D eigenvalue weighted by molar-refractivity contribution is 6.03. The third-order valence-electron chi connectivity index (χ3n) is 10.8. The van der Waals surface area contributed by atoms with E-state index in [9.17, 15) is 13.9 Å². The Labute approximate surface area is 271 Å². The number of alkyl halides is 1. The number of pyridine rings is 1. The van der Waals surface area contributed by atoms with Crippen molar-refractivity contribution in [2.24, 2.45) is 0 Å². The van der Waals surface area contributed by atoms with E-state index in [0.29, 0.717) is 60.8 Å². The minimum atomic E-state index is -0.916. The number of piperazine rings is 1. The van der Waals surface area contributed by atoms with E-state index in [1.54, 1.807) is 0 Å². The number of rotatable bonds is 6. The van der Waals surface area contributed by atoms with Crippen molar-refractivity contribution in [2.45, 2.75) is 75.8 Å². The van der Waals surface area contributed by atoms with Crippen molar-refractivity contribution in [3.8, 4) is 35.4 Å². The van der Waals surface area contributed by atoms with Gasteiger partial charge in [-0.05, 0) is 69.7 Å². The predicted molar refractivity (Wildman–Crippen MR) is 174 cm³/mol. The maximum absolute atomic E-state index is 16.9. The van der Waals surface area contributed by atoms with Gasteiger partial charge in [-0.2, -0.15) is 9.97 Å². The lowest BCUT2D eigenvalue weighted by Crippen LogP contribution is -2.56. The van der Waals surface area contributed by atoms with Crippen molar-refractivity contribution in [1.82, 2.24) is 24.8 Å². The first-order valence-corrected chi connectivity index (χ1v) is 16.5. The molecular weight excluding hydrogens is 605 g/mol. The summed E-state index contributed by atoms with van der Waals surface area (Å²) >= 11 is 0. The molecule has 1 N–H and O–H groups in total. The molecule has 244 valence electrons. The average molecular weight is 643 g/mol. The summed E-state index contributed by atoms with van der Waals surface area (Å²) in [6.45, 7) is 7.27. The Morgan fingerprint density at radius 2 is 1.91 bits per heavy atom. The fraction of sp³-hybridized carbons (Fsp3) is 0.472. The molecule has 2 unspecified atom stereocenters. The van der Waals surface area contributed by atoms with E-state index in [-0.39, 0.29) is 46.1 Å². The van der Waals surface area contributed by atoms with Gasteiger partial charge in [-0.25, -0.2) is 13.2 Å². The van der Waals surface area contributed by atoms with E-state index in [1.807, 2.05) is 0 Å². The fourth-order valence-corrected chi connectivity index (χ4v) is 8.87. The van der Waals surface area contributed by atoms with Gasteiger partial charge in [-0.3, -0.25) is 14.8 Å². The minimum absolute atomic E-state index is 0.000595. The van der Waals surface area contributed by atoms with Crippen molar-refractivity contribution in [3.05, 3.63) is 47.7 Å². The van der Waals surface area contributed by atoms with Gasteiger partial charge in [0.2, 0.25) is 0 Å². The maximum atomic E-state index is 16.9. The molecule has 0 aliphatic carbocycles. The van der Waals surface area contributed by atoms with Crippen LogP contribution in [0.4, 0.5) is 19.0 Å². The Hall–Kier alpha value is -4.14. The van der Waals surface area contributed by atoms with Crippen LogP contribution in [0.3, 0.4) is 0 Å². The molecule has 47 heavy (non-hydrogen) atoms. The molecule has 4 saturated heterocycles. The summed E-state index contributed by atoms with van der Waals surface area (Å²) in [6, 6.07) is 6.59. The fourth-order valence-electron chi connectivity index (χ4n) is 8.87. The van der Waals surface area contributed by atoms with Crippen LogP contribution in [0.15, 0.2) is 30.5 Å². The number of terminal acetylenes is 1. The molecule has 8 nitrogen and oxygen atoms in total. The number of nitrogens with zero attached hydrogens (tertiary/aromatic N) is 6. The molecule has 0 saturated carbocycles. The van der Waals surface area contributed by atoms with Crippen LogP contribution in [0.2, 0.25) is 0 Å². The molecule has 2 bridgehead atoms. The van der Waals surface area contributed by atoms with Gasteiger partial charge >= 0.3 is 6.01 Å². The number of halogens is 3. The first kappa shape index (κ1) is 30.2. The van der Waals surface area contributed by atoms with E-state index in [4.69, 9.17) is 16.1 Å². The van der Waals surface area contributed by atoms with Crippen LogP contribution >= 0.6 is 0 Å². The van der Waals surface area contributed by atoms with E-state index in [1.165, 1.54) is 30.5 Å². The topological polar surface area (TPSA) is 77.9 Å². The number of anilines is 1. The van der Waals surface area contributed by atoms with Gasteiger partial charge in [0, 0.05) is 61.3 Å². The van der Waals surface area contributed by atoms with E-state index in [2.05, 4.69) is 44.4 Å².